The van der Waals surface area contributed by atoms with Gasteiger partial charge in [0, 0.05) is 59.8 Å². The van der Waals surface area contributed by atoms with Crippen molar-refractivity contribution in [3.8, 4) is 11.3 Å². The van der Waals surface area contributed by atoms with Crippen molar-refractivity contribution in [1.82, 2.24) is 15.0 Å². The Morgan fingerprint density at radius 3 is 2.57 bits per heavy atom. The van der Waals surface area contributed by atoms with E-state index in [0.29, 0.717) is 30.4 Å². The summed E-state index contributed by atoms with van der Waals surface area (Å²) >= 11 is 0. The molecular formula is C27H34N6O2. The normalized spacial score (nSPS) is 14.0. The average molecular weight is 475 g/mol. The molecule has 3 aromatic rings. The van der Waals surface area contributed by atoms with E-state index in [2.05, 4.69) is 41.3 Å². The molecule has 0 aliphatic carbocycles. The number of pyridine rings is 1. The molecule has 8 heteroatoms. The minimum Gasteiger partial charge on any atom is -0.378 e. The van der Waals surface area contributed by atoms with E-state index in [9.17, 15) is 4.79 Å². The number of carbonyl (C=O) groups is 1. The fourth-order valence-electron chi connectivity index (χ4n) is 3.92. The van der Waals surface area contributed by atoms with E-state index in [1.54, 1.807) is 12.3 Å². The van der Waals surface area contributed by atoms with Gasteiger partial charge in [-0.25, -0.2) is 4.98 Å². The molecule has 2 N–H and O–H groups in total. The SMILES string of the molecule is CCNc1nc(-c2cc(NC(=O)c3ccnc(C(C)(C)C)c3)ccc2C)cc(N2CCOCC2)n1. The number of carbonyl (C=O) groups excluding carboxylic acids is 1. The van der Waals surface area contributed by atoms with Crippen molar-refractivity contribution < 1.29 is 9.53 Å². The Morgan fingerprint density at radius 2 is 1.86 bits per heavy atom. The van der Waals surface area contributed by atoms with Gasteiger partial charge in [0.2, 0.25) is 5.95 Å². The van der Waals surface area contributed by atoms with E-state index in [1.165, 1.54) is 0 Å². The van der Waals surface area contributed by atoms with E-state index in [-0.39, 0.29) is 11.3 Å². The van der Waals surface area contributed by atoms with Gasteiger partial charge in [-0.05, 0) is 43.7 Å². The molecule has 1 fully saturated rings. The molecule has 0 bridgehead atoms. The molecule has 0 spiro atoms. The fraction of sp³-hybridized carbons (Fsp3) is 0.407. The largest absolute Gasteiger partial charge is 0.378 e. The number of anilines is 3. The summed E-state index contributed by atoms with van der Waals surface area (Å²) in [6, 6.07) is 11.5. The smallest absolute Gasteiger partial charge is 0.255 e. The topological polar surface area (TPSA) is 92.3 Å². The third kappa shape index (κ3) is 5.95. The maximum absolute atomic E-state index is 13.0. The van der Waals surface area contributed by atoms with Crippen molar-refractivity contribution in [2.45, 2.75) is 40.0 Å². The molecule has 0 unspecified atom stereocenters. The van der Waals surface area contributed by atoms with Gasteiger partial charge < -0.3 is 20.3 Å². The number of rotatable bonds is 6. The maximum Gasteiger partial charge on any atom is 0.255 e. The van der Waals surface area contributed by atoms with Gasteiger partial charge >= 0.3 is 0 Å². The van der Waals surface area contributed by atoms with Crippen LogP contribution >= 0.6 is 0 Å². The number of benzene rings is 1. The molecule has 2 aromatic heterocycles. The Hall–Kier alpha value is -3.52. The second-order valence-electron chi connectivity index (χ2n) is 9.73. The predicted octanol–water partition coefficient (Wildman–Crippen LogP) is 4.67. The lowest BCUT2D eigenvalue weighted by Gasteiger charge is -2.28. The van der Waals surface area contributed by atoms with Gasteiger partial charge in [0.05, 0.1) is 18.9 Å². The number of nitrogens with one attached hydrogen (secondary N) is 2. The zero-order chi connectivity index (χ0) is 25.0. The quantitative estimate of drug-likeness (QED) is 0.537. The molecule has 0 saturated carbocycles. The van der Waals surface area contributed by atoms with Crippen molar-refractivity contribution in [3.05, 3.63) is 59.4 Å². The maximum atomic E-state index is 13.0. The zero-order valence-corrected chi connectivity index (χ0v) is 21.2. The number of nitrogens with zero attached hydrogens (tertiary/aromatic N) is 4. The molecule has 1 amide bonds. The van der Waals surface area contributed by atoms with Crippen LogP contribution in [0, 0.1) is 6.92 Å². The second kappa shape index (κ2) is 10.4. The lowest BCUT2D eigenvalue weighted by Crippen LogP contribution is -2.37. The molecule has 0 radical (unpaired) electrons. The van der Waals surface area contributed by atoms with Gasteiger partial charge in [-0.2, -0.15) is 4.98 Å². The van der Waals surface area contributed by atoms with E-state index < -0.39 is 0 Å². The van der Waals surface area contributed by atoms with Crippen molar-refractivity contribution >= 4 is 23.4 Å². The summed E-state index contributed by atoms with van der Waals surface area (Å²) in [6.45, 7) is 14.0. The first-order valence-electron chi connectivity index (χ1n) is 12.1. The summed E-state index contributed by atoms with van der Waals surface area (Å²) in [5.41, 5.74) is 4.86. The monoisotopic (exact) mass is 474 g/mol. The van der Waals surface area contributed by atoms with Gasteiger partial charge in [-0.1, -0.05) is 26.8 Å². The van der Waals surface area contributed by atoms with Crippen LogP contribution in [0.2, 0.25) is 0 Å². The van der Waals surface area contributed by atoms with Crippen molar-refractivity contribution in [3.63, 3.8) is 0 Å². The average Bonchev–Trinajstić information content (AvgIpc) is 2.85. The molecule has 35 heavy (non-hydrogen) atoms. The van der Waals surface area contributed by atoms with Crippen LogP contribution in [0.5, 0.6) is 0 Å². The van der Waals surface area contributed by atoms with Crippen molar-refractivity contribution in [2.24, 2.45) is 0 Å². The van der Waals surface area contributed by atoms with Crippen molar-refractivity contribution in [1.29, 1.82) is 0 Å². The van der Waals surface area contributed by atoms with Crippen LogP contribution in [0.4, 0.5) is 17.5 Å². The molecule has 4 rings (SSSR count). The van der Waals surface area contributed by atoms with Gasteiger partial charge in [0.15, 0.2) is 0 Å². The molecule has 3 heterocycles. The van der Waals surface area contributed by atoms with Crippen LogP contribution < -0.4 is 15.5 Å². The third-order valence-electron chi connectivity index (χ3n) is 5.94. The molecular weight excluding hydrogens is 440 g/mol. The Labute approximate surface area is 207 Å². The summed E-state index contributed by atoms with van der Waals surface area (Å²) in [6.07, 6.45) is 1.69. The number of hydrogen-bond donors (Lipinski definition) is 2. The van der Waals surface area contributed by atoms with Crippen LogP contribution in [0.25, 0.3) is 11.3 Å². The summed E-state index contributed by atoms with van der Waals surface area (Å²) in [5.74, 6) is 1.29. The number of aryl methyl sites for hydroxylation is 1. The third-order valence-corrected chi connectivity index (χ3v) is 5.94. The first kappa shape index (κ1) is 24.6. The van der Waals surface area contributed by atoms with Crippen LogP contribution in [-0.4, -0.2) is 53.7 Å². The van der Waals surface area contributed by atoms with E-state index in [1.807, 2.05) is 44.2 Å². The highest BCUT2D eigenvalue weighted by atomic mass is 16.5. The summed E-state index contributed by atoms with van der Waals surface area (Å²) in [7, 11) is 0. The van der Waals surface area contributed by atoms with Crippen LogP contribution in [0.15, 0.2) is 42.6 Å². The zero-order valence-electron chi connectivity index (χ0n) is 21.2. The molecule has 1 aliphatic rings. The number of amides is 1. The van der Waals surface area contributed by atoms with Gasteiger partial charge in [0.1, 0.15) is 5.82 Å². The minimum absolute atomic E-state index is 0.136. The van der Waals surface area contributed by atoms with E-state index in [4.69, 9.17) is 14.7 Å². The van der Waals surface area contributed by atoms with Gasteiger partial charge in [-0.15, -0.1) is 0 Å². The van der Waals surface area contributed by atoms with Crippen LogP contribution in [0.1, 0.15) is 49.3 Å². The van der Waals surface area contributed by atoms with E-state index in [0.717, 1.165) is 48.0 Å². The fourth-order valence-corrected chi connectivity index (χ4v) is 3.92. The van der Waals surface area contributed by atoms with Gasteiger partial charge in [0.25, 0.3) is 5.91 Å². The highest BCUT2D eigenvalue weighted by Gasteiger charge is 2.19. The Morgan fingerprint density at radius 1 is 1.09 bits per heavy atom. The number of hydrogen-bond acceptors (Lipinski definition) is 7. The summed E-state index contributed by atoms with van der Waals surface area (Å²) in [4.78, 5) is 29.1. The van der Waals surface area contributed by atoms with Crippen LogP contribution in [-0.2, 0) is 10.2 Å². The lowest BCUT2D eigenvalue weighted by atomic mass is 9.91. The molecule has 1 saturated heterocycles. The summed E-state index contributed by atoms with van der Waals surface area (Å²) in [5, 5.41) is 6.29. The Balaban J connectivity index is 1.64. The molecule has 0 atom stereocenters. The highest BCUT2D eigenvalue weighted by molar-refractivity contribution is 6.04. The standard InChI is InChI=1S/C27H34N6O2/c1-6-28-26-31-22(17-24(32-26)33-11-13-35-14-12-33)21-16-20(8-7-18(21)2)30-25(34)19-9-10-29-23(15-19)27(3,4)5/h7-10,15-17H,6,11-14H2,1-5H3,(H,30,34)(H,28,31,32). The molecule has 1 aliphatic heterocycles. The molecule has 8 nitrogen and oxygen atoms in total. The Bertz CT molecular complexity index is 1200. The summed E-state index contributed by atoms with van der Waals surface area (Å²) < 4.78 is 5.50. The number of ether oxygens (including phenoxy) is 1. The molecule has 184 valence electrons. The highest BCUT2D eigenvalue weighted by Crippen LogP contribution is 2.29. The van der Waals surface area contributed by atoms with Gasteiger partial charge in [-0.3, -0.25) is 9.78 Å². The first-order valence-corrected chi connectivity index (χ1v) is 12.1. The molecule has 1 aromatic carbocycles. The minimum atomic E-state index is -0.169. The van der Waals surface area contributed by atoms with E-state index >= 15 is 0 Å². The Kier molecular flexibility index (Phi) is 7.31. The first-order chi connectivity index (χ1) is 16.7. The second-order valence-corrected chi connectivity index (χ2v) is 9.73. The number of aromatic nitrogens is 3. The number of morpholine rings is 1. The van der Waals surface area contributed by atoms with Crippen LogP contribution in [0.3, 0.4) is 0 Å². The lowest BCUT2D eigenvalue weighted by molar-refractivity contribution is 0.102. The predicted molar refractivity (Wildman–Crippen MR) is 140 cm³/mol. The van der Waals surface area contributed by atoms with Crippen molar-refractivity contribution in [2.75, 3.05) is 48.4 Å².